The smallest absolute Gasteiger partial charge is 0.295 e. The second kappa shape index (κ2) is 8.74. The minimum absolute atomic E-state index is 0.000146. The molecule has 0 bridgehead atoms. The van der Waals surface area contributed by atoms with Crippen molar-refractivity contribution in [3.05, 3.63) is 66.2 Å². The van der Waals surface area contributed by atoms with E-state index in [1.54, 1.807) is 36.7 Å². The Morgan fingerprint density at radius 2 is 1.88 bits per heavy atom. The number of aliphatic hydroxyl groups excluding tert-OH is 1. The van der Waals surface area contributed by atoms with Crippen LogP contribution in [0.4, 0.5) is 8.78 Å². The fraction of sp³-hybridized carbons (Fsp3) is 0.261. The third-order valence-electron chi connectivity index (χ3n) is 5.70. The monoisotopic (exact) mass is 473 g/mol. The summed E-state index contributed by atoms with van der Waals surface area (Å²) in [6.07, 6.45) is 4.47. The van der Waals surface area contributed by atoms with Crippen LogP contribution < -0.4 is 4.74 Å². The third-order valence-corrected chi connectivity index (χ3v) is 6.12. The second-order valence-corrected chi connectivity index (χ2v) is 8.45. The Balaban J connectivity index is 1.85. The first-order valence-electron chi connectivity index (χ1n) is 10.1. The summed E-state index contributed by atoms with van der Waals surface area (Å²) in [7, 11) is 2.96. The molecule has 4 rings (SSSR count). The van der Waals surface area contributed by atoms with Crippen molar-refractivity contribution in [2.75, 3.05) is 26.8 Å². The topological polar surface area (TPSA) is 95.8 Å². The number of ether oxygens (including phenoxy) is 1. The number of hydrogen-bond acceptors (Lipinski definition) is 6. The van der Waals surface area contributed by atoms with E-state index in [4.69, 9.17) is 9.84 Å². The van der Waals surface area contributed by atoms with Gasteiger partial charge in [0.1, 0.15) is 25.3 Å². The Morgan fingerprint density at radius 1 is 1.18 bits per heavy atom. The van der Waals surface area contributed by atoms with E-state index in [-0.39, 0.29) is 30.0 Å². The van der Waals surface area contributed by atoms with Crippen LogP contribution in [0, 0.1) is 0 Å². The molecule has 1 heterocycles. The minimum atomic E-state index is -3.58. The van der Waals surface area contributed by atoms with Gasteiger partial charge < -0.3 is 19.8 Å². The predicted molar refractivity (Wildman–Crippen MR) is 121 cm³/mol. The molecule has 2 atom stereocenters. The maximum atomic E-state index is 14.9. The van der Waals surface area contributed by atoms with Crippen molar-refractivity contribution in [2.24, 2.45) is 0 Å². The Bertz CT molecular complexity index is 1190. The number of aromatic nitrogens is 2. The number of benzene rings is 2. The number of fused-ring (bicyclic) bond motifs is 3. The maximum absolute atomic E-state index is 14.9. The number of carbonyl (C=O) groups excluding carboxylic acids is 1. The van der Waals surface area contributed by atoms with Crippen molar-refractivity contribution >= 4 is 15.1 Å². The van der Waals surface area contributed by atoms with Crippen LogP contribution in [-0.4, -0.2) is 63.5 Å². The first-order valence-corrected chi connectivity index (χ1v) is 10.7. The van der Waals surface area contributed by atoms with E-state index in [1.165, 1.54) is 39.6 Å². The molecule has 1 aromatic heterocycles. The zero-order valence-electron chi connectivity index (χ0n) is 17.7. The molecule has 0 saturated carbocycles. The van der Waals surface area contributed by atoms with E-state index < -0.39 is 23.8 Å². The van der Waals surface area contributed by atoms with Gasteiger partial charge in [0, 0.05) is 36.1 Å². The Hall–Kier alpha value is -3.00. The maximum Gasteiger partial charge on any atom is 0.295 e. The normalized spacial score (nSPS) is 16.8. The third kappa shape index (κ3) is 3.97. The molecule has 10 heteroatoms. The van der Waals surface area contributed by atoms with E-state index >= 15 is 0 Å². The molecule has 1 amide bonds. The largest absolute Gasteiger partial charge is 0.492 e. The highest BCUT2D eigenvalue weighted by molar-refractivity contribution is 7.18. The minimum Gasteiger partial charge on any atom is -0.492 e. The van der Waals surface area contributed by atoms with Gasteiger partial charge in [-0.05, 0) is 28.8 Å². The molecule has 0 aliphatic heterocycles. The molecule has 1 aliphatic rings. The zero-order valence-corrected chi connectivity index (χ0v) is 18.9. The average Bonchev–Trinajstić information content (AvgIpc) is 3.08. The van der Waals surface area contributed by atoms with E-state index in [0.29, 0.717) is 22.3 Å². The van der Waals surface area contributed by atoms with Crippen molar-refractivity contribution in [2.45, 2.75) is 11.3 Å². The second-order valence-electron chi connectivity index (χ2n) is 7.72. The van der Waals surface area contributed by atoms with Gasteiger partial charge in [-0.2, -0.15) is 8.78 Å². The van der Waals surface area contributed by atoms with E-state index in [1.807, 2.05) is 0 Å². The van der Waals surface area contributed by atoms with Gasteiger partial charge in [-0.1, -0.05) is 33.5 Å². The van der Waals surface area contributed by atoms with Gasteiger partial charge in [0.05, 0.1) is 6.54 Å². The summed E-state index contributed by atoms with van der Waals surface area (Å²) in [5, 5.41) is 20.4. The molecule has 3 aromatic rings. The summed E-state index contributed by atoms with van der Waals surface area (Å²) in [6, 6.07) is 9.56. The van der Waals surface area contributed by atoms with Crippen LogP contribution in [0.15, 0.2) is 55.1 Å². The Morgan fingerprint density at radius 3 is 2.55 bits per heavy atom. The van der Waals surface area contributed by atoms with E-state index in [9.17, 15) is 18.7 Å². The molecule has 33 heavy (non-hydrogen) atoms. The van der Waals surface area contributed by atoms with Crippen molar-refractivity contribution in [1.29, 1.82) is 0 Å². The molecule has 0 fully saturated rings. The fourth-order valence-corrected chi connectivity index (χ4v) is 4.32. The molecule has 0 spiro atoms. The van der Waals surface area contributed by atoms with Crippen molar-refractivity contribution in [1.82, 2.24) is 14.9 Å². The molecule has 2 aromatic carbocycles. The quantitative estimate of drug-likeness (QED) is 0.513. The van der Waals surface area contributed by atoms with Crippen LogP contribution in [0.2, 0.25) is 0 Å². The van der Waals surface area contributed by atoms with Gasteiger partial charge in [-0.25, -0.2) is 9.97 Å². The number of nitrogens with zero attached hydrogens (tertiary/aromatic N) is 3. The predicted octanol–water partition coefficient (Wildman–Crippen LogP) is 2.66. The lowest BCUT2D eigenvalue weighted by atomic mass is 9.90. The van der Waals surface area contributed by atoms with Crippen LogP contribution in [0.1, 0.15) is 11.1 Å². The number of aliphatic hydroxyl groups is 2. The number of carbonyl (C=O) groups is 1. The van der Waals surface area contributed by atoms with Crippen molar-refractivity contribution in [3.8, 4) is 28.0 Å². The van der Waals surface area contributed by atoms with Gasteiger partial charge in [0.25, 0.3) is 5.66 Å². The van der Waals surface area contributed by atoms with Gasteiger partial charge >= 0.3 is 0 Å². The van der Waals surface area contributed by atoms with E-state index in [2.05, 4.69) is 9.97 Å². The molecular formula is C23H22F2N3O4P. The van der Waals surface area contributed by atoms with Crippen LogP contribution in [0.25, 0.3) is 22.3 Å². The van der Waals surface area contributed by atoms with Crippen LogP contribution in [0.5, 0.6) is 5.75 Å². The number of rotatable bonds is 7. The lowest BCUT2D eigenvalue weighted by Crippen LogP contribution is -2.40. The molecular weight excluding hydrogens is 451 g/mol. The lowest BCUT2D eigenvalue weighted by Gasteiger charge is -2.32. The van der Waals surface area contributed by atoms with Gasteiger partial charge in [-0.3, -0.25) is 4.79 Å². The molecule has 1 aliphatic carbocycles. The van der Waals surface area contributed by atoms with Crippen molar-refractivity contribution < 1.29 is 28.5 Å². The summed E-state index contributed by atoms with van der Waals surface area (Å²) in [5.74, 6) is -0.236. The first-order chi connectivity index (χ1) is 15.7. The molecule has 2 N–H and O–H groups in total. The summed E-state index contributed by atoms with van der Waals surface area (Å²) in [6.45, 7) is -0.402. The number of hydrogen-bond donors (Lipinski definition) is 2. The SMILES string of the molecule is CN(CCOc1cc(-c2cncnc2)c2c(c1)C(O)(C(F)(F)P)c1ccccc1-2)C(=O)CO. The Labute approximate surface area is 191 Å². The first kappa shape index (κ1) is 23.2. The molecule has 0 saturated heterocycles. The highest BCUT2D eigenvalue weighted by atomic mass is 31.0. The number of likely N-dealkylation sites (N-methyl/N-ethyl adjacent to an activating group) is 1. The summed E-state index contributed by atoms with van der Waals surface area (Å²) >= 11 is 0. The van der Waals surface area contributed by atoms with Crippen LogP contribution in [0.3, 0.4) is 0 Å². The van der Waals surface area contributed by atoms with Gasteiger partial charge in [-0.15, -0.1) is 0 Å². The zero-order chi connectivity index (χ0) is 23.8. The standard InChI is InChI=1S/C23H22F2N3O4P/c1-28(20(30)12-29)6-7-32-15-8-17(14-10-26-13-27-11-14)21-16-4-2-3-5-18(16)22(31,19(21)9-15)23(24,25)33/h2-5,8-11,13,29,31H,6-7,12,33H2,1H3. The highest BCUT2D eigenvalue weighted by Gasteiger charge is 2.57. The van der Waals surface area contributed by atoms with Gasteiger partial charge in [0.2, 0.25) is 5.91 Å². The Kier molecular flexibility index (Phi) is 6.14. The number of alkyl halides is 2. The number of halogens is 2. The number of amides is 1. The fourth-order valence-electron chi connectivity index (χ4n) is 4.01. The summed E-state index contributed by atoms with van der Waals surface area (Å²) in [5.41, 5.74) is -4.06. The summed E-state index contributed by atoms with van der Waals surface area (Å²) < 4.78 is 35.6. The van der Waals surface area contributed by atoms with E-state index in [0.717, 1.165) is 0 Å². The lowest BCUT2D eigenvalue weighted by molar-refractivity contribution is -0.133. The molecule has 7 nitrogen and oxygen atoms in total. The molecule has 2 unspecified atom stereocenters. The van der Waals surface area contributed by atoms with Crippen molar-refractivity contribution in [3.63, 3.8) is 0 Å². The summed E-state index contributed by atoms with van der Waals surface area (Å²) in [4.78, 5) is 20.9. The van der Waals surface area contributed by atoms with Gasteiger partial charge in [0.15, 0.2) is 5.60 Å². The molecule has 172 valence electrons. The van der Waals surface area contributed by atoms with Crippen LogP contribution in [-0.2, 0) is 10.4 Å². The average molecular weight is 473 g/mol. The van der Waals surface area contributed by atoms with Crippen LogP contribution >= 0.6 is 9.24 Å². The highest BCUT2D eigenvalue weighted by Crippen LogP contribution is 2.59. The molecule has 0 radical (unpaired) electrons.